The van der Waals surface area contributed by atoms with Crippen LogP contribution in [0.25, 0.3) is 0 Å². The number of hydrogen-bond acceptors (Lipinski definition) is 4. The van der Waals surface area contributed by atoms with Crippen molar-refractivity contribution in [3.8, 4) is 11.5 Å². The van der Waals surface area contributed by atoms with Crippen molar-refractivity contribution in [1.29, 1.82) is 0 Å². The Hall–Kier alpha value is -1.26. The number of benzene rings is 1. The number of piperidine rings is 3. The molecule has 1 atom stereocenters. The number of aliphatic hydroxyl groups is 1. The molecule has 4 rings (SSSR count). The molecule has 0 saturated carbocycles. The number of fused-ring (bicyclic) bond motifs is 3. The van der Waals surface area contributed by atoms with Crippen LogP contribution in [0.15, 0.2) is 18.2 Å². The maximum Gasteiger partial charge on any atom is 0.128 e. The van der Waals surface area contributed by atoms with Gasteiger partial charge in [-0.05, 0) is 44.0 Å². The molecule has 0 aromatic heterocycles. The molecule has 1 unspecified atom stereocenters. The minimum absolute atomic E-state index is 0.333. The predicted octanol–water partition coefficient (Wildman–Crippen LogP) is 1.62. The molecule has 1 N–H and O–H groups in total. The SMILES string of the molecule is COc1ccc(C2(O)CN3CCC2CC3)c(OC)c1. The van der Waals surface area contributed by atoms with Gasteiger partial charge in [0.2, 0.25) is 0 Å². The molecule has 4 nitrogen and oxygen atoms in total. The molecule has 3 fully saturated rings. The number of rotatable bonds is 3. The van der Waals surface area contributed by atoms with E-state index in [0.29, 0.717) is 12.5 Å². The summed E-state index contributed by atoms with van der Waals surface area (Å²) in [6.45, 7) is 2.91. The summed E-state index contributed by atoms with van der Waals surface area (Å²) in [6.07, 6.45) is 2.12. The zero-order chi connectivity index (χ0) is 13.5. The topological polar surface area (TPSA) is 41.9 Å². The Bertz CT molecular complexity index is 468. The number of methoxy groups -OCH3 is 2. The first-order valence-corrected chi connectivity index (χ1v) is 6.84. The van der Waals surface area contributed by atoms with Gasteiger partial charge >= 0.3 is 0 Å². The lowest BCUT2D eigenvalue weighted by molar-refractivity contribution is -0.118. The van der Waals surface area contributed by atoms with E-state index in [1.54, 1.807) is 14.2 Å². The quantitative estimate of drug-likeness (QED) is 0.900. The van der Waals surface area contributed by atoms with Gasteiger partial charge < -0.3 is 19.5 Å². The van der Waals surface area contributed by atoms with Crippen molar-refractivity contribution in [3.63, 3.8) is 0 Å². The second kappa shape index (κ2) is 4.69. The van der Waals surface area contributed by atoms with Crippen LogP contribution in [0.3, 0.4) is 0 Å². The smallest absolute Gasteiger partial charge is 0.128 e. The van der Waals surface area contributed by atoms with Crippen molar-refractivity contribution in [3.05, 3.63) is 23.8 Å². The Kier molecular flexibility index (Phi) is 3.15. The van der Waals surface area contributed by atoms with E-state index < -0.39 is 5.60 Å². The first kappa shape index (κ1) is 12.8. The highest BCUT2D eigenvalue weighted by Gasteiger charge is 2.47. The van der Waals surface area contributed by atoms with E-state index in [0.717, 1.165) is 43.0 Å². The second-order valence-electron chi connectivity index (χ2n) is 5.54. The normalized spacial score (nSPS) is 33.2. The molecule has 0 aliphatic carbocycles. The van der Waals surface area contributed by atoms with Gasteiger partial charge in [0, 0.05) is 18.2 Å². The van der Waals surface area contributed by atoms with Crippen LogP contribution in [-0.2, 0) is 5.60 Å². The Balaban J connectivity index is 2.01. The van der Waals surface area contributed by atoms with E-state index >= 15 is 0 Å². The third-order valence-corrected chi connectivity index (χ3v) is 4.60. The van der Waals surface area contributed by atoms with E-state index in [1.165, 1.54) is 0 Å². The van der Waals surface area contributed by atoms with Gasteiger partial charge in [-0.1, -0.05) is 0 Å². The van der Waals surface area contributed by atoms with Gasteiger partial charge in [0.05, 0.1) is 14.2 Å². The molecule has 1 aromatic carbocycles. The lowest BCUT2D eigenvalue weighted by atomic mass is 9.71. The Morgan fingerprint density at radius 1 is 1.21 bits per heavy atom. The summed E-state index contributed by atoms with van der Waals surface area (Å²) in [5, 5.41) is 11.1. The van der Waals surface area contributed by atoms with Gasteiger partial charge in [0.25, 0.3) is 0 Å². The fourth-order valence-corrected chi connectivity index (χ4v) is 3.50. The Labute approximate surface area is 113 Å². The van der Waals surface area contributed by atoms with Crippen LogP contribution in [0.1, 0.15) is 18.4 Å². The van der Waals surface area contributed by atoms with E-state index in [2.05, 4.69) is 4.90 Å². The van der Waals surface area contributed by atoms with E-state index in [1.807, 2.05) is 18.2 Å². The summed E-state index contributed by atoms with van der Waals surface area (Å²) in [6, 6.07) is 5.69. The second-order valence-corrected chi connectivity index (χ2v) is 5.54. The molecule has 1 aromatic rings. The predicted molar refractivity (Wildman–Crippen MR) is 72.6 cm³/mol. The monoisotopic (exact) mass is 263 g/mol. The molecule has 0 radical (unpaired) electrons. The zero-order valence-electron chi connectivity index (χ0n) is 11.6. The Morgan fingerprint density at radius 2 is 1.95 bits per heavy atom. The lowest BCUT2D eigenvalue weighted by Gasteiger charge is -2.50. The molecule has 3 aliphatic rings. The number of ether oxygens (including phenoxy) is 2. The number of nitrogens with zero attached hydrogens (tertiary/aromatic N) is 1. The molecule has 2 bridgehead atoms. The summed E-state index contributed by atoms with van der Waals surface area (Å²) in [5.74, 6) is 1.81. The van der Waals surface area contributed by atoms with Crippen LogP contribution >= 0.6 is 0 Å². The largest absolute Gasteiger partial charge is 0.497 e. The molecule has 104 valence electrons. The average molecular weight is 263 g/mol. The number of hydrogen-bond donors (Lipinski definition) is 1. The summed E-state index contributed by atoms with van der Waals surface area (Å²) >= 11 is 0. The molecule has 19 heavy (non-hydrogen) atoms. The fourth-order valence-electron chi connectivity index (χ4n) is 3.50. The first-order chi connectivity index (χ1) is 9.17. The van der Waals surface area contributed by atoms with E-state index in [-0.39, 0.29) is 0 Å². The van der Waals surface area contributed by atoms with Crippen molar-refractivity contribution in [2.45, 2.75) is 18.4 Å². The van der Waals surface area contributed by atoms with Crippen LogP contribution in [0, 0.1) is 5.92 Å². The summed E-state index contributed by atoms with van der Waals surface area (Å²) in [7, 11) is 3.28. The minimum Gasteiger partial charge on any atom is -0.497 e. The molecular formula is C15H21NO3. The van der Waals surface area contributed by atoms with Crippen LogP contribution in [0.4, 0.5) is 0 Å². The highest BCUT2D eigenvalue weighted by Crippen LogP contribution is 2.46. The molecular weight excluding hydrogens is 242 g/mol. The van der Waals surface area contributed by atoms with E-state index in [4.69, 9.17) is 9.47 Å². The first-order valence-electron chi connectivity index (χ1n) is 6.84. The van der Waals surface area contributed by atoms with Gasteiger partial charge in [0.15, 0.2) is 0 Å². The minimum atomic E-state index is -0.784. The third-order valence-electron chi connectivity index (χ3n) is 4.60. The standard InChI is InChI=1S/C15H21NO3/c1-18-12-3-4-13(14(9-12)19-2)15(17)10-16-7-5-11(15)6-8-16/h3-4,9,11,17H,5-8,10H2,1-2H3. The molecule has 0 spiro atoms. The van der Waals surface area contributed by atoms with E-state index in [9.17, 15) is 5.11 Å². The van der Waals surface area contributed by atoms with Gasteiger partial charge in [0.1, 0.15) is 17.1 Å². The molecule has 3 aliphatic heterocycles. The molecule has 4 heteroatoms. The Morgan fingerprint density at radius 3 is 2.47 bits per heavy atom. The summed E-state index contributed by atoms with van der Waals surface area (Å²) in [4.78, 5) is 2.34. The van der Waals surface area contributed by atoms with Crippen LogP contribution < -0.4 is 9.47 Å². The van der Waals surface area contributed by atoms with Crippen LogP contribution in [0.2, 0.25) is 0 Å². The molecule has 0 amide bonds. The van der Waals surface area contributed by atoms with Crippen LogP contribution in [0.5, 0.6) is 11.5 Å². The van der Waals surface area contributed by atoms with Crippen LogP contribution in [-0.4, -0.2) is 43.9 Å². The average Bonchev–Trinajstić information content (AvgIpc) is 2.47. The van der Waals surface area contributed by atoms with Gasteiger partial charge in [-0.25, -0.2) is 0 Å². The van der Waals surface area contributed by atoms with Gasteiger partial charge in [-0.15, -0.1) is 0 Å². The van der Waals surface area contributed by atoms with Gasteiger partial charge in [-0.2, -0.15) is 0 Å². The summed E-state index contributed by atoms with van der Waals surface area (Å²) in [5.41, 5.74) is 0.110. The van der Waals surface area contributed by atoms with Crippen molar-refractivity contribution in [2.24, 2.45) is 5.92 Å². The maximum absolute atomic E-state index is 11.1. The van der Waals surface area contributed by atoms with Crippen molar-refractivity contribution in [1.82, 2.24) is 4.90 Å². The highest BCUT2D eigenvalue weighted by atomic mass is 16.5. The maximum atomic E-state index is 11.1. The summed E-state index contributed by atoms with van der Waals surface area (Å²) < 4.78 is 10.7. The fraction of sp³-hybridized carbons (Fsp3) is 0.600. The molecule has 3 saturated heterocycles. The van der Waals surface area contributed by atoms with Crippen molar-refractivity contribution < 1.29 is 14.6 Å². The van der Waals surface area contributed by atoms with Gasteiger partial charge in [-0.3, -0.25) is 0 Å². The third kappa shape index (κ3) is 1.99. The lowest BCUT2D eigenvalue weighted by Crippen LogP contribution is -2.57. The van der Waals surface area contributed by atoms with Crippen molar-refractivity contribution in [2.75, 3.05) is 33.9 Å². The zero-order valence-corrected chi connectivity index (χ0v) is 11.6. The van der Waals surface area contributed by atoms with Crippen molar-refractivity contribution >= 4 is 0 Å². The molecule has 3 heterocycles. The highest BCUT2D eigenvalue weighted by molar-refractivity contribution is 5.45.